The first-order valence-electron chi connectivity index (χ1n) is 7.61. The van der Waals surface area contributed by atoms with Gasteiger partial charge in [-0.3, -0.25) is 0 Å². The zero-order valence-corrected chi connectivity index (χ0v) is 13.9. The molecule has 3 rings (SSSR count). The second-order valence-corrected chi connectivity index (χ2v) is 9.07. The lowest BCUT2D eigenvalue weighted by Crippen LogP contribution is -2.01. The van der Waals surface area contributed by atoms with E-state index in [-0.39, 0.29) is 5.66 Å². The van der Waals surface area contributed by atoms with Crippen molar-refractivity contribution >= 4 is 12.5 Å². The Morgan fingerprint density at radius 1 is 1.05 bits per heavy atom. The minimum Gasteiger partial charge on any atom is -0.500 e. The van der Waals surface area contributed by atoms with Crippen molar-refractivity contribution in [1.82, 2.24) is 0 Å². The third-order valence-electron chi connectivity index (χ3n) is 4.39. The quantitative estimate of drug-likeness (QED) is 0.711. The van der Waals surface area contributed by atoms with Gasteiger partial charge in [-0.15, -0.1) is 0 Å². The van der Waals surface area contributed by atoms with E-state index in [1.54, 1.807) is 7.11 Å². The highest BCUT2D eigenvalue weighted by molar-refractivity contribution is 7.74. The van der Waals surface area contributed by atoms with Crippen LogP contribution in [-0.4, -0.2) is 12.8 Å². The monoisotopic (exact) mass is 312 g/mol. The number of rotatable bonds is 4. The average molecular weight is 312 g/mol. The summed E-state index contributed by atoms with van der Waals surface area (Å²) in [5.41, 5.74) is 2.28. The first-order chi connectivity index (χ1) is 10.6. The molecule has 3 heteroatoms. The van der Waals surface area contributed by atoms with Gasteiger partial charge in [-0.25, -0.2) is 0 Å². The van der Waals surface area contributed by atoms with Crippen LogP contribution in [0.25, 0.3) is 5.31 Å². The molecule has 1 aliphatic rings. The summed E-state index contributed by atoms with van der Waals surface area (Å²) in [6, 6.07) is 20.1. The summed E-state index contributed by atoms with van der Waals surface area (Å²) < 4.78 is 19.5. The first kappa shape index (κ1) is 15.1. The standard InChI is InChI=1S/C19H21O2P/c1-15-13-18(21-2)19(17-11-7-4-8-12-17)22(15,20)14-16-9-5-3-6-10-16/h3-12,15H,13-14H2,1-2H3/t15-,22-/m0/s1. The Morgan fingerprint density at radius 2 is 1.64 bits per heavy atom. The second-order valence-electron chi connectivity index (χ2n) is 5.83. The van der Waals surface area contributed by atoms with Crippen LogP contribution in [0.3, 0.4) is 0 Å². The van der Waals surface area contributed by atoms with Crippen LogP contribution in [0.4, 0.5) is 0 Å². The van der Waals surface area contributed by atoms with Gasteiger partial charge in [0.1, 0.15) is 12.9 Å². The number of benzene rings is 2. The van der Waals surface area contributed by atoms with Crippen LogP contribution in [0.2, 0.25) is 0 Å². The van der Waals surface area contributed by atoms with Crippen molar-refractivity contribution < 1.29 is 9.30 Å². The number of allylic oxidation sites excluding steroid dienone is 1. The Morgan fingerprint density at radius 3 is 2.23 bits per heavy atom. The predicted octanol–water partition coefficient (Wildman–Crippen LogP) is 5.36. The molecule has 1 aliphatic heterocycles. The van der Waals surface area contributed by atoms with Gasteiger partial charge in [0, 0.05) is 18.2 Å². The summed E-state index contributed by atoms with van der Waals surface area (Å²) in [4.78, 5) is 0. The average Bonchev–Trinajstić information content (AvgIpc) is 2.80. The van der Waals surface area contributed by atoms with Crippen LogP contribution >= 0.6 is 7.14 Å². The fraction of sp³-hybridized carbons (Fsp3) is 0.263. The zero-order chi connectivity index (χ0) is 15.6. The van der Waals surface area contributed by atoms with Crippen molar-refractivity contribution in [3.8, 4) is 0 Å². The summed E-state index contributed by atoms with van der Waals surface area (Å²) in [6.07, 6.45) is 1.36. The molecular formula is C19H21O2P. The van der Waals surface area contributed by atoms with Gasteiger partial charge in [0.15, 0.2) is 0 Å². The molecule has 1 heterocycles. The third kappa shape index (κ3) is 2.64. The van der Waals surface area contributed by atoms with Crippen molar-refractivity contribution in [2.75, 3.05) is 7.11 Å². The van der Waals surface area contributed by atoms with E-state index in [0.717, 1.165) is 28.6 Å². The molecule has 0 unspecified atom stereocenters. The normalized spacial score (nSPS) is 24.5. The van der Waals surface area contributed by atoms with Crippen molar-refractivity contribution in [3.63, 3.8) is 0 Å². The molecule has 114 valence electrons. The first-order valence-corrected chi connectivity index (χ1v) is 9.57. The third-order valence-corrected chi connectivity index (χ3v) is 8.10. The van der Waals surface area contributed by atoms with Crippen LogP contribution in [0.15, 0.2) is 66.4 Å². The van der Waals surface area contributed by atoms with Gasteiger partial charge in [0.05, 0.1) is 12.4 Å². The van der Waals surface area contributed by atoms with Gasteiger partial charge < -0.3 is 9.30 Å². The van der Waals surface area contributed by atoms with Crippen LogP contribution in [-0.2, 0) is 15.5 Å². The minimum atomic E-state index is -2.53. The molecule has 2 nitrogen and oxygen atoms in total. The second kappa shape index (κ2) is 6.14. The van der Waals surface area contributed by atoms with E-state index in [0.29, 0.717) is 6.16 Å². The number of ether oxygens (including phenoxy) is 1. The molecule has 0 saturated heterocycles. The van der Waals surface area contributed by atoms with Crippen LogP contribution in [0.5, 0.6) is 0 Å². The fourth-order valence-corrected chi connectivity index (χ4v) is 6.50. The van der Waals surface area contributed by atoms with Gasteiger partial charge in [-0.1, -0.05) is 67.6 Å². The molecule has 2 atom stereocenters. The van der Waals surface area contributed by atoms with E-state index in [4.69, 9.17) is 4.74 Å². The lowest BCUT2D eigenvalue weighted by Gasteiger charge is -2.21. The molecule has 2 aromatic carbocycles. The van der Waals surface area contributed by atoms with Crippen molar-refractivity contribution in [1.29, 1.82) is 0 Å². The highest BCUT2D eigenvalue weighted by Gasteiger charge is 2.43. The Hall–Kier alpha value is -1.79. The van der Waals surface area contributed by atoms with Gasteiger partial charge in [0.2, 0.25) is 0 Å². The van der Waals surface area contributed by atoms with Crippen LogP contribution in [0, 0.1) is 0 Å². The summed E-state index contributed by atoms with van der Waals surface area (Å²) in [5, 5.41) is 0.937. The molecule has 0 aromatic heterocycles. The Kier molecular flexibility index (Phi) is 4.22. The number of methoxy groups -OCH3 is 1. The number of hydrogen-bond acceptors (Lipinski definition) is 2. The lowest BCUT2D eigenvalue weighted by atomic mass is 10.1. The van der Waals surface area contributed by atoms with E-state index < -0.39 is 7.14 Å². The van der Waals surface area contributed by atoms with Crippen molar-refractivity contribution in [3.05, 3.63) is 77.5 Å². The van der Waals surface area contributed by atoms with Gasteiger partial charge in [-0.05, 0) is 11.1 Å². The van der Waals surface area contributed by atoms with E-state index in [1.165, 1.54) is 0 Å². The predicted molar refractivity (Wildman–Crippen MR) is 92.2 cm³/mol. The molecule has 22 heavy (non-hydrogen) atoms. The molecule has 0 N–H and O–H groups in total. The maximum absolute atomic E-state index is 13.9. The molecule has 0 bridgehead atoms. The molecule has 0 aliphatic carbocycles. The zero-order valence-electron chi connectivity index (χ0n) is 13.0. The molecule has 2 aromatic rings. The molecule has 0 amide bonds. The van der Waals surface area contributed by atoms with Crippen molar-refractivity contribution in [2.45, 2.75) is 25.2 Å². The largest absolute Gasteiger partial charge is 0.500 e. The summed E-state index contributed by atoms with van der Waals surface area (Å²) >= 11 is 0. The molecule has 0 radical (unpaired) electrons. The minimum absolute atomic E-state index is 0.123. The topological polar surface area (TPSA) is 26.3 Å². The highest BCUT2D eigenvalue weighted by atomic mass is 31.2. The lowest BCUT2D eigenvalue weighted by molar-refractivity contribution is 0.283. The molecule has 0 fully saturated rings. The maximum Gasteiger partial charge on any atom is 0.126 e. The smallest absolute Gasteiger partial charge is 0.126 e. The van der Waals surface area contributed by atoms with Crippen LogP contribution in [0.1, 0.15) is 24.5 Å². The molecule has 0 saturated carbocycles. The Labute approximate surface area is 132 Å². The SMILES string of the molecule is COC1=C(c2ccccc2)[P@](=O)(Cc2ccccc2)[C@@H](C)C1. The highest BCUT2D eigenvalue weighted by Crippen LogP contribution is 2.70. The number of hydrogen-bond donors (Lipinski definition) is 0. The van der Waals surface area contributed by atoms with Gasteiger partial charge >= 0.3 is 0 Å². The van der Waals surface area contributed by atoms with E-state index in [2.05, 4.69) is 19.1 Å². The summed E-state index contributed by atoms with van der Waals surface area (Å²) in [7, 11) is -0.849. The Bertz CT molecular complexity index is 720. The van der Waals surface area contributed by atoms with Gasteiger partial charge in [0.25, 0.3) is 0 Å². The van der Waals surface area contributed by atoms with E-state index in [9.17, 15) is 4.57 Å². The fourth-order valence-electron chi connectivity index (χ4n) is 3.19. The summed E-state index contributed by atoms with van der Waals surface area (Å²) in [6.45, 7) is 2.08. The summed E-state index contributed by atoms with van der Waals surface area (Å²) in [5.74, 6) is 0.887. The van der Waals surface area contributed by atoms with Crippen LogP contribution < -0.4 is 0 Å². The van der Waals surface area contributed by atoms with Gasteiger partial charge in [-0.2, -0.15) is 0 Å². The van der Waals surface area contributed by atoms with E-state index in [1.807, 2.05) is 48.5 Å². The molecular weight excluding hydrogens is 291 g/mol. The van der Waals surface area contributed by atoms with Crippen molar-refractivity contribution in [2.24, 2.45) is 0 Å². The Balaban J connectivity index is 2.08. The molecule has 0 spiro atoms. The van der Waals surface area contributed by atoms with E-state index >= 15 is 0 Å². The maximum atomic E-state index is 13.9.